The van der Waals surface area contributed by atoms with E-state index in [0.29, 0.717) is 0 Å². The van der Waals surface area contributed by atoms with Crippen LogP contribution in [0.2, 0.25) is 0 Å². The number of benzene rings is 10. The van der Waals surface area contributed by atoms with Crippen molar-refractivity contribution in [2.45, 2.75) is 32.1 Å². The Bertz CT molecular complexity index is 3940. The van der Waals surface area contributed by atoms with Crippen molar-refractivity contribution in [1.82, 2.24) is 0 Å². The molecule has 296 valence electrons. The van der Waals surface area contributed by atoms with Crippen molar-refractivity contribution in [3.63, 3.8) is 0 Å². The summed E-state index contributed by atoms with van der Waals surface area (Å²) in [5.41, 5.74) is 18.9. The predicted molar refractivity (Wildman–Crippen MR) is 265 cm³/mol. The zero-order valence-electron chi connectivity index (χ0n) is 35.1. The summed E-state index contributed by atoms with van der Waals surface area (Å²) in [6.07, 6.45) is 6.75. The van der Waals surface area contributed by atoms with Crippen LogP contribution in [-0.2, 0) is 11.8 Å². The highest BCUT2D eigenvalue weighted by Gasteiger charge is 2.36. The first kappa shape index (κ1) is 35.0. The van der Waals surface area contributed by atoms with Gasteiger partial charge in [0.25, 0.3) is 0 Å². The Balaban J connectivity index is 0.908. The van der Waals surface area contributed by atoms with Gasteiger partial charge < -0.3 is 8.83 Å². The molecule has 10 aromatic carbocycles. The minimum Gasteiger partial charge on any atom is -0.455 e. The number of hydrogen-bond acceptors (Lipinski definition) is 2. The number of fused-ring (bicyclic) bond motifs is 16. The summed E-state index contributed by atoms with van der Waals surface area (Å²) in [6, 6.07) is 63.0. The van der Waals surface area contributed by atoms with E-state index in [4.69, 9.17) is 8.83 Å². The highest BCUT2D eigenvalue weighted by molar-refractivity contribution is 6.33. The lowest BCUT2D eigenvalue weighted by Gasteiger charge is -2.22. The molecule has 0 spiro atoms. The van der Waals surface area contributed by atoms with Gasteiger partial charge in [-0.25, -0.2) is 0 Å². The molecule has 0 saturated heterocycles. The molecule has 63 heavy (non-hydrogen) atoms. The highest BCUT2D eigenvalue weighted by atomic mass is 16.3. The second kappa shape index (κ2) is 12.7. The summed E-state index contributed by atoms with van der Waals surface area (Å²) < 4.78 is 13.4. The average Bonchev–Trinajstić information content (AvgIpc) is 3.98. The van der Waals surface area contributed by atoms with Gasteiger partial charge in [-0.2, -0.15) is 0 Å². The minimum atomic E-state index is -0.176. The minimum absolute atomic E-state index is 0.176. The van der Waals surface area contributed by atoms with Crippen LogP contribution in [0.3, 0.4) is 0 Å². The van der Waals surface area contributed by atoms with E-state index in [0.717, 1.165) is 73.1 Å². The van der Waals surface area contributed by atoms with Gasteiger partial charge in [0.1, 0.15) is 22.3 Å². The van der Waals surface area contributed by atoms with Crippen molar-refractivity contribution in [2.24, 2.45) is 0 Å². The molecule has 0 saturated carbocycles. The lowest BCUT2D eigenvalue weighted by Crippen LogP contribution is -2.15. The van der Waals surface area contributed by atoms with Crippen LogP contribution in [0.5, 0.6) is 0 Å². The van der Waals surface area contributed by atoms with E-state index in [1.165, 1.54) is 82.7 Å². The molecule has 0 atom stereocenters. The maximum atomic E-state index is 6.82. The second-order valence-corrected chi connectivity index (χ2v) is 18.2. The van der Waals surface area contributed by atoms with Gasteiger partial charge in [0.05, 0.1) is 5.39 Å². The van der Waals surface area contributed by atoms with Gasteiger partial charge in [0, 0.05) is 27.0 Å². The molecule has 0 N–H and O–H groups in total. The van der Waals surface area contributed by atoms with Gasteiger partial charge in [-0.1, -0.05) is 166 Å². The van der Waals surface area contributed by atoms with Crippen molar-refractivity contribution in [3.05, 3.63) is 198 Å². The van der Waals surface area contributed by atoms with Crippen LogP contribution in [0.15, 0.2) is 185 Å². The van der Waals surface area contributed by atoms with Crippen molar-refractivity contribution in [3.8, 4) is 44.5 Å². The number of allylic oxidation sites excluding steroid dienone is 1. The van der Waals surface area contributed by atoms with Crippen LogP contribution >= 0.6 is 0 Å². The quantitative estimate of drug-likeness (QED) is 0.166. The van der Waals surface area contributed by atoms with Gasteiger partial charge in [-0.15, -0.1) is 0 Å². The Hall–Kier alpha value is -7.68. The Morgan fingerprint density at radius 2 is 1.00 bits per heavy atom. The van der Waals surface area contributed by atoms with Gasteiger partial charge in [-0.3, -0.25) is 0 Å². The Morgan fingerprint density at radius 1 is 0.413 bits per heavy atom. The molecule has 2 aliphatic rings. The molecule has 0 amide bonds. The molecular formula is C61H40O2. The van der Waals surface area contributed by atoms with E-state index in [9.17, 15) is 0 Å². The summed E-state index contributed by atoms with van der Waals surface area (Å²) in [5, 5.41) is 11.8. The molecular weight excluding hydrogens is 765 g/mol. The molecule has 0 aliphatic heterocycles. The highest BCUT2D eigenvalue weighted by Crippen LogP contribution is 2.53. The number of para-hydroxylation sites is 1. The normalized spacial score (nSPS) is 14.1. The molecule has 0 fully saturated rings. The molecule has 0 bridgehead atoms. The first-order chi connectivity index (χ1) is 31.0. The van der Waals surface area contributed by atoms with E-state index < -0.39 is 0 Å². The smallest absolute Gasteiger partial charge is 0.147 e. The fourth-order valence-electron chi connectivity index (χ4n) is 11.5. The largest absolute Gasteiger partial charge is 0.455 e. The van der Waals surface area contributed by atoms with Gasteiger partial charge in [-0.05, 0) is 137 Å². The number of hydrogen-bond donors (Lipinski definition) is 0. The summed E-state index contributed by atoms with van der Waals surface area (Å²) in [7, 11) is 0. The first-order valence-electron chi connectivity index (χ1n) is 22.2. The van der Waals surface area contributed by atoms with Crippen LogP contribution < -0.4 is 0 Å². The fraction of sp³-hybridized carbons (Fsp3) is 0.0820. The number of rotatable bonds is 3. The first-order valence-corrected chi connectivity index (χ1v) is 22.2. The van der Waals surface area contributed by atoms with Crippen molar-refractivity contribution >= 4 is 82.3 Å². The molecule has 2 heteroatoms. The molecule has 14 rings (SSSR count). The van der Waals surface area contributed by atoms with Crippen LogP contribution in [-0.4, -0.2) is 0 Å². The van der Waals surface area contributed by atoms with Crippen LogP contribution in [0.1, 0.15) is 42.5 Å². The Morgan fingerprint density at radius 3 is 1.76 bits per heavy atom. The zero-order chi connectivity index (χ0) is 41.6. The summed E-state index contributed by atoms with van der Waals surface area (Å²) >= 11 is 0. The van der Waals surface area contributed by atoms with Gasteiger partial charge >= 0.3 is 0 Å². The maximum absolute atomic E-state index is 6.82. The number of furan rings is 2. The van der Waals surface area contributed by atoms with Crippen molar-refractivity contribution in [2.75, 3.05) is 0 Å². The Labute approximate surface area is 364 Å². The third kappa shape index (κ3) is 4.84. The fourth-order valence-corrected chi connectivity index (χ4v) is 11.5. The SMILES string of the molecule is CC1(C)c2ccc(-c3c4ccccc4c(-c4ccc5c(c4)CCC=C5)c4ccccc34)cc2-c2ccc(-c3ccc4c(c3)oc3c5ccccc5c5c6ccccc6oc5c43)cc21. The third-order valence-corrected chi connectivity index (χ3v) is 14.5. The number of aryl methyl sites for hydroxylation is 1. The third-order valence-electron chi connectivity index (χ3n) is 14.5. The lowest BCUT2D eigenvalue weighted by molar-refractivity contribution is 0.660. The molecule has 2 nitrogen and oxygen atoms in total. The molecule has 2 heterocycles. The van der Waals surface area contributed by atoms with E-state index >= 15 is 0 Å². The predicted octanol–water partition coefficient (Wildman–Crippen LogP) is 17.2. The van der Waals surface area contributed by atoms with E-state index in [2.05, 4.69) is 190 Å². The molecule has 0 unspecified atom stereocenters. The topological polar surface area (TPSA) is 26.3 Å². The molecule has 2 aromatic heterocycles. The Kier molecular flexibility index (Phi) is 7.04. The van der Waals surface area contributed by atoms with Gasteiger partial charge in [0.15, 0.2) is 0 Å². The molecule has 2 aliphatic carbocycles. The van der Waals surface area contributed by atoms with Crippen molar-refractivity contribution < 1.29 is 8.83 Å². The van der Waals surface area contributed by atoms with Crippen LogP contribution in [0.25, 0.3) is 127 Å². The summed E-state index contributed by atoms with van der Waals surface area (Å²) in [4.78, 5) is 0. The van der Waals surface area contributed by atoms with Crippen LogP contribution in [0.4, 0.5) is 0 Å². The second-order valence-electron chi connectivity index (χ2n) is 18.2. The average molecular weight is 805 g/mol. The monoisotopic (exact) mass is 804 g/mol. The summed E-state index contributed by atoms with van der Waals surface area (Å²) in [6.45, 7) is 4.75. The van der Waals surface area contributed by atoms with Crippen LogP contribution in [0, 0.1) is 0 Å². The van der Waals surface area contributed by atoms with Gasteiger partial charge in [0.2, 0.25) is 0 Å². The van der Waals surface area contributed by atoms with E-state index in [1.54, 1.807) is 0 Å². The standard InChI is InChI=1S/C61H40O2/c1-61(2)51-30-27-40(56-44-17-7-5-15-42(44)55(43-16-6-8-18-45(43)56)39-24-23-35-13-3-4-14-36(35)31-39)32-50(51)41-28-25-37(33-52(41)61)38-26-29-49-54(34-38)63-59-47-20-10-9-19-46(47)57-48-21-11-12-22-53(48)62-60(57)58(49)59/h3,5-13,15-34H,4,14H2,1-2H3. The van der Waals surface area contributed by atoms with Crippen molar-refractivity contribution in [1.29, 1.82) is 0 Å². The molecule has 0 radical (unpaired) electrons. The zero-order valence-corrected chi connectivity index (χ0v) is 35.1. The van der Waals surface area contributed by atoms with E-state index in [1.807, 2.05) is 6.07 Å². The lowest BCUT2D eigenvalue weighted by atomic mass is 9.80. The maximum Gasteiger partial charge on any atom is 0.147 e. The summed E-state index contributed by atoms with van der Waals surface area (Å²) in [5.74, 6) is 0. The molecule has 12 aromatic rings. The van der Waals surface area contributed by atoms with E-state index in [-0.39, 0.29) is 5.41 Å².